The van der Waals surface area contributed by atoms with Crippen LogP contribution >= 0.6 is 28.1 Å². The fourth-order valence-corrected chi connectivity index (χ4v) is 3.62. The van der Waals surface area contributed by atoms with E-state index in [2.05, 4.69) is 52.9 Å². The second-order valence-electron chi connectivity index (χ2n) is 7.99. The normalized spacial score (nSPS) is 10.5. The zero-order valence-electron chi connectivity index (χ0n) is 19.8. The zero-order valence-corrected chi connectivity index (χ0v) is 22.2. The van der Waals surface area contributed by atoms with Crippen LogP contribution in [0.25, 0.3) is 0 Å². The van der Waals surface area contributed by atoms with Crippen molar-refractivity contribution in [1.29, 1.82) is 0 Å². The number of rotatable bonds is 11. The molecule has 2 aromatic rings. The minimum absolute atomic E-state index is 0.0465. The van der Waals surface area contributed by atoms with E-state index in [1.54, 1.807) is 12.1 Å². The van der Waals surface area contributed by atoms with Crippen LogP contribution in [0.3, 0.4) is 0 Å². The summed E-state index contributed by atoms with van der Waals surface area (Å²) in [4.78, 5) is 24.9. The molecule has 0 aliphatic carbocycles. The second kappa shape index (κ2) is 14.6. The van der Waals surface area contributed by atoms with Gasteiger partial charge in [0.1, 0.15) is 11.5 Å². The SMILES string of the molecule is CCCCCCOc1ccc(Br)cc1C(=O)NC(=S)NNC(=O)COc1ccccc1C(C)C. The predicted molar refractivity (Wildman–Crippen MR) is 141 cm³/mol. The summed E-state index contributed by atoms with van der Waals surface area (Å²) >= 11 is 8.52. The van der Waals surface area contributed by atoms with Gasteiger partial charge in [0, 0.05) is 4.47 Å². The number of carbonyl (C=O) groups excluding carboxylic acids is 2. The summed E-state index contributed by atoms with van der Waals surface area (Å²) in [5, 5.41) is 2.51. The number of para-hydroxylation sites is 1. The Labute approximate surface area is 215 Å². The Morgan fingerprint density at radius 1 is 1.00 bits per heavy atom. The average Bonchev–Trinajstić information content (AvgIpc) is 2.82. The molecular weight excluding hydrogens is 518 g/mol. The Balaban J connectivity index is 1.84. The van der Waals surface area contributed by atoms with Crippen molar-refractivity contribution in [3.63, 3.8) is 0 Å². The molecule has 3 N–H and O–H groups in total. The minimum Gasteiger partial charge on any atom is -0.493 e. The number of ether oxygens (including phenoxy) is 2. The lowest BCUT2D eigenvalue weighted by Gasteiger charge is -2.15. The van der Waals surface area contributed by atoms with Crippen LogP contribution in [0.15, 0.2) is 46.9 Å². The van der Waals surface area contributed by atoms with Gasteiger partial charge < -0.3 is 9.47 Å². The summed E-state index contributed by atoms with van der Waals surface area (Å²) in [5.74, 6) is 0.512. The van der Waals surface area contributed by atoms with Crippen molar-refractivity contribution in [1.82, 2.24) is 16.2 Å². The molecule has 7 nitrogen and oxygen atoms in total. The third-order valence-electron chi connectivity index (χ3n) is 4.88. The molecule has 2 rings (SSSR count). The lowest BCUT2D eigenvalue weighted by Crippen LogP contribution is -2.49. The number of unbranched alkanes of at least 4 members (excludes halogenated alkanes) is 3. The number of carbonyl (C=O) groups is 2. The summed E-state index contributed by atoms with van der Waals surface area (Å²) in [7, 11) is 0. The first-order valence-electron chi connectivity index (χ1n) is 11.4. The van der Waals surface area contributed by atoms with Crippen LogP contribution in [0.4, 0.5) is 0 Å². The van der Waals surface area contributed by atoms with E-state index in [0.717, 1.165) is 35.7 Å². The minimum atomic E-state index is -0.446. The van der Waals surface area contributed by atoms with Gasteiger partial charge in [-0.3, -0.25) is 25.8 Å². The Hall–Kier alpha value is -2.65. The van der Waals surface area contributed by atoms with Crippen LogP contribution in [-0.4, -0.2) is 30.1 Å². The molecule has 0 aliphatic heterocycles. The van der Waals surface area contributed by atoms with Gasteiger partial charge in [0.15, 0.2) is 11.7 Å². The molecule has 0 saturated heterocycles. The van der Waals surface area contributed by atoms with Gasteiger partial charge in [0.25, 0.3) is 11.8 Å². The fourth-order valence-electron chi connectivity index (χ4n) is 3.11. The van der Waals surface area contributed by atoms with E-state index in [-0.39, 0.29) is 17.6 Å². The summed E-state index contributed by atoms with van der Waals surface area (Å²) in [5.41, 5.74) is 6.31. The quantitative estimate of drug-likeness (QED) is 0.201. The molecule has 0 radical (unpaired) electrons. The fraction of sp³-hybridized carbons (Fsp3) is 0.400. The Morgan fingerprint density at radius 2 is 1.76 bits per heavy atom. The van der Waals surface area contributed by atoms with Crippen LogP contribution in [-0.2, 0) is 4.79 Å². The highest BCUT2D eigenvalue weighted by molar-refractivity contribution is 9.10. The Bertz CT molecular complexity index is 984. The largest absolute Gasteiger partial charge is 0.493 e. The van der Waals surface area contributed by atoms with Gasteiger partial charge in [-0.05, 0) is 54.4 Å². The van der Waals surface area contributed by atoms with Crippen LogP contribution in [0.5, 0.6) is 11.5 Å². The van der Waals surface area contributed by atoms with Gasteiger partial charge in [-0.15, -0.1) is 0 Å². The van der Waals surface area contributed by atoms with Crippen molar-refractivity contribution < 1.29 is 19.1 Å². The Kier molecular flexibility index (Phi) is 11.8. The second-order valence-corrected chi connectivity index (χ2v) is 9.31. The van der Waals surface area contributed by atoms with Gasteiger partial charge in [-0.25, -0.2) is 0 Å². The first kappa shape index (κ1) is 27.6. The third kappa shape index (κ3) is 9.30. The molecular formula is C25H32BrN3O4S. The highest BCUT2D eigenvalue weighted by atomic mass is 79.9. The average molecular weight is 551 g/mol. The van der Waals surface area contributed by atoms with E-state index < -0.39 is 11.8 Å². The molecule has 0 spiro atoms. The van der Waals surface area contributed by atoms with E-state index in [1.807, 2.05) is 30.3 Å². The van der Waals surface area contributed by atoms with Crippen molar-refractivity contribution in [3.05, 3.63) is 58.1 Å². The van der Waals surface area contributed by atoms with Crippen molar-refractivity contribution in [2.45, 2.75) is 52.4 Å². The van der Waals surface area contributed by atoms with Gasteiger partial charge in [0.2, 0.25) is 0 Å². The third-order valence-corrected chi connectivity index (χ3v) is 5.58. The maximum atomic E-state index is 12.7. The first-order valence-corrected chi connectivity index (χ1v) is 12.6. The van der Waals surface area contributed by atoms with E-state index in [9.17, 15) is 9.59 Å². The maximum Gasteiger partial charge on any atom is 0.276 e. The highest BCUT2D eigenvalue weighted by Crippen LogP contribution is 2.26. The lowest BCUT2D eigenvalue weighted by molar-refractivity contribution is -0.123. The van der Waals surface area contributed by atoms with Crippen molar-refractivity contribution in [2.75, 3.05) is 13.2 Å². The highest BCUT2D eigenvalue weighted by Gasteiger charge is 2.15. The van der Waals surface area contributed by atoms with E-state index in [1.165, 1.54) is 0 Å². The molecule has 184 valence electrons. The predicted octanol–water partition coefficient (Wildman–Crippen LogP) is 5.25. The summed E-state index contributed by atoms with van der Waals surface area (Å²) in [6.07, 6.45) is 4.29. The lowest BCUT2D eigenvalue weighted by atomic mass is 10.0. The van der Waals surface area contributed by atoms with Gasteiger partial charge in [-0.1, -0.05) is 74.2 Å². The monoisotopic (exact) mass is 549 g/mol. The molecule has 0 fully saturated rings. The first-order chi connectivity index (χ1) is 16.3. The van der Waals surface area contributed by atoms with E-state index in [4.69, 9.17) is 21.7 Å². The molecule has 0 saturated carbocycles. The number of thiocarbonyl (C=S) groups is 1. The molecule has 2 aromatic carbocycles. The Morgan fingerprint density at radius 3 is 2.50 bits per heavy atom. The van der Waals surface area contributed by atoms with Crippen molar-refractivity contribution in [3.8, 4) is 11.5 Å². The number of benzene rings is 2. The standard InChI is InChI=1S/C25H32BrN3O4S/c1-4-5-6-9-14-32-22-13-12-18(26)15-20(22)24(31)27-25(34)29-28-23(30)16-33-21-11-8-7-10-19(21)17(2)3/h7-8,10-13,15,17H,4-6,9,14,16H2,1-3H3,(H,28,30)(H2,27,29,31,34). The summed E-state index contributed by atoms with van der Waals surface area (Å²) in [6, 6.07) is 12.8. The number of hydrazine groups is 1. The number of nitrogens with one attached hydrogen (secondary N) is 3. The number of amides is 2. The molecule has 0 atom stereocenters. The topological polar surface area (TPSA) is 88.7 Å². The molecule has 0 bridgehead atoms. The molecule has 0 aliphatic rings. The number of hydrogen-bond acceptors (Lipinski definition) is 5. The van der Waals surface area contributed by atoms with Crippen LogP contribution in [0, 0.1) is 0 Å². The molecule has 34 heavy (non-hydrogen) atoms. The van der Waals surface area contributed by atoms with Crippen molar-refractivity contribution >= 4 is 45.1 Å². The van der Waals surface area contributed by atoms with Gasteiger partial charge >= 0.3 is 0 Å². The molecule has 0 aromatic heterocycles. The van der Waals surface area contributed by atoms with Crippen LogP contribution < -0.4 is 25.6 Å². The van der Waals surface area contributed by atoms with Crippen molar-refractivity contribution in [2.24, 2.45) is 0 Å². The van der Waals surface area contributed by atoms with E-state index >= 15 is 0 Å². The van der Waals surface area contributed by atoms with Gasteiger partial charge in [0.05, 0.1) is 12.2 Å². The zero-order chi connectivity index (χ0) is 24.9. The maximum absolute atomic E-state index is 12.7. The summed E-state index contributed by atoms with van der Waals surface area (Å²) in [6.45, 7) is 6.59. The molecule has 2 amide bonds. The smallest absolute Gasteiger partial charge is 0.276 e. The number of hydrogen-bond donors (Lipinski definition) is 3. The van der Waals surface area contributed by atoms with E-state index in [0.29, 0.717) is 23.7 Å². The molecule has 9 heteroatoms. The molecule has 0 heterocycles. The van der Waals surface area contributed by atoms with Crippen LogP contribution in [0.1, 0.15) is 68.3 Å². The van der Waals surface area contributed by atoms with Crippen LogP contribution in [0.2, 0.25) is 0 Å². The number of halogens is 1. The summed E-state index contributed by atoms with van der Waals surface area (Å²) < 4.78 is 12.2. The molecule has 0 unspecified atom stereocenters. The van der Waals surface area contributed by atoms with Gasteiger partial charge in [-0.2, -0.15) is 0 Å².